The molecule has 0 bridgehead atoms. The normalized spacial score (nSPS) is 13.0. The molecule has 0 saturated carbocycles. The first-order chi connectivity index (χ1) is 23.8. The van der Waals surface area contributed by atoms with Gasteiger partial charge in [0.25, 0.3) is 0 Å². The van der Waals surface area contributed by atoms with Crippen LogP contribution in [0.25, 0.3) is 135 Å². The summed E-state index contributed by atoms with van der Waals surface area (Å²) < 4.78 is 0. The fraction of sp³-hybridized carbons (Fsp3) is 0. The fourth-order valence-corrected chi connectivity index (χ4v) is 9.95. The third-order valence-electron chi connectivity index (χ3n) is 11.8. The maximum atomic E-state index is 7.60. The molecule has 1 aliphatic rings. The lowest BCUT2D eigenvalue weighted by Gasteiger charge is -2.16. The third kappa shape index (κ3) is 2.49. The molecule has 0 aliphatic heterocycles. The summed E-state index contributed by atoms with van der Waals surface area (Å²) in [6.07, 6.45) is 0. The van der Waals surface area contributed by atoms with Crippen molar-refractivity contribution in [2.45, 2.75) is 0 Å². The van der Waals surface area contributed by atoms with Crippen LogP contribution in [0.4, 0.5) is 5.69 Å². The van der Waals surface area contributed by atoms with Crippen LogP contribution < -0.4 is 0 Å². The molecule has 0 unspecified atom stereocenters. The second-order valence-corrected chi connectivity index (χ2v) is 13.8. The topological polar surface area (TPSA) is 4.36 Å². The highest BCUT2D eigenvalue weighted by Gasteiger charge is 2.26. The lowest BCUT2D eigenvalue weighted by atomic mass is 9.87. The van der Waals surface area contributed by atoms with Crippen LogP contribution in [-0.2, 0) is 0 Å². The lowest BCUT2D eigenvalue weighted by Crippen LogP contribution is -1.87. The highest BCUT2D eigenvalue weighted by atomic mass is 14.6. The van der Waals surface area contributed by atoms with Gasteiger partial charge in [0.2, 0.25) is 0 Å². The summed E-state index contributed by atoms with van der Waals surface area (Å²) in [5.74, 6) is 0. The molecule has 1 heteroatoms. The summed E-state index contributed by atoms with van der Waals surface area (Å²) in [6.45, 7) is 7.60. The molecule has 1 nitrogen and oxygen atoms in total. The van der Waals surface area contributed by atoms with Crippen molar-refractivity contribution in [3.05, 3.63) is 139 Å². The van der Waals surface area contributed by atoms with Crippen molar-refractivity contribution in [1.82, 2.24) is 0 Å². The molecule has 0 heterocycles. The van der Waals surface area contributed by atoms with Gasteiger partial charge in [-0.15, -0.1) is 0 Å². The largest absolute Gasteiger partial charge is 0.238 e. The summed E-state index contributed by atoms with van der Waals surface area (Å²) in [5, 5.41) is 26.7. The Morgan fingerprint density at radius 3 is 1.46 bits per heavy atom. The summed E-state index contributed by atoms with van der Waals surface area (Å²) >= 11 is 0. The van der Waals surface area contributed by atoms with E-state index < -0.39 is 0 Å². The fourth-order valence-electron chi connectivity index (χ4n) is 9.95. The van der Waals surface area contributed by atoms with E-state index in [2.05, 4.69) is 126 Å². The van der Waals surface area contributed by atoms with Gasteiger partial charge in [-0.05, 0) is 154 Å². The minimum atomic E-state index is 0.693. The average molecular weight is 600 g/mol. The Labute approximate surface area is 273 Å². The van der Waals surface area contributed by atoms with Gasteiger partial charge in [-0.2, -0.15) is 0 Å². The molecule has 0 saturated heterocycles. The molecule has 214 valence electrons. The number of fused-ring (bicyclic) bond motifs is 13. The molecule has 12 aromatic carbocycles. The predicted molar refractivity (Wildman–Crippen MR) is 206 cm³/mol. The molecule has 0 fully saturated rings. The Balaban J connectivity index is 1.18. The van der Waals surface area contributed by atoms with Gasteiger partial charge < -0.3 is 0 Å². The van der Waals surface area contributed by atoms with Crippen molar-refractivity contribution in [3.63, 3.8) is 0 Å². The Morgan fingerprint density at radius 2 is 0.771 bits per heavy atom. The van der Waals surface area contributed by atoms with E-state index in [9.17, 15) is 0 Å². The number of rotatable bonds is 0. The highest BCUT2D eigenvalue weighted by molar-refractivity contribution is 6.44. The second-order valence-electron chi connectivity index (χ2n) is 13.8. The van der Waals surface area contributed by atoms with Crippen molar-refractivity contribution in [1.29, 1.82) is 0 Å². The van der Waals surface area contributed by atoms with Gasteiger partial charge in [-0.25, -0.2) is 4.85 Å². The van der Waals surface area contributed by atoms with E-state index in [1.165, 1.54) is 130 Å². The van der Waals surface area contributed by atoms with Gasteiger partial charge >= 0.3 is 0 Å². The standard InChI is InChI=1S/C47H21N/c1-48-24-9-10-27-30-11-12-31-33-13-16-35-39-19-23-20-42-26-6-3-2-5-25(26)28-7-4-8-29(43(28)42)38(23)22-41(39)37-18-15-34(46(33)47(35)37)32-14-17-36(40(27)21-24)44(30)45(31)32/h2-22H. The molecule has 0 N–H and O–H groups in total. The van der Waals surface area contributed by atoms with Crippen molar-refractivity contribution >= 4 is 113 Å². The number of benzene rings is 10. The van der Waals surface area contributed by atoms with E-state index in [-0.39, 0.29) is 0 Å². The highest BCUT2D eigenvalue weighted by Crippen LogP contribution is 2.54. The summed E-state index contributed by atoms with van der Waals surface area (Å²) in [4.78, 5) is 3.74. The predicted octanol–water partition coefficient (Wildman–Crippen LogP) is 13.7. The van der Waals surface area contributed by atoms with E-state index in [1.807, 2.05) is 6.07 Å². The Bertz CT molecular complexity index is 3480. The molecule has 0 atom stereocenters. The lowest BCUT2D eigenvalue weighted by molar-refractivity contribution is 1.70. The number of hydrogen-bond donors (Lipinski definition) is 0. The maximum Gasteiger partial charge on any atom is 0.187 e. The summed E-state index contributed by atoms with van der Waals surface area (Å²) in [5.41, 5.74) is 5.62. The Hall–Kier alpha value is -6.49. The molecule has 0 spiro atoms. The van der Waals surface area contributed by atoms with Gasteiger partial charge in [-0.3, -0.25) is 0 Å². The minimum absolute atomic E-state index is 0.693. The third-order valence-corrected chi connectivity index (χ3v) is 11.8. The van der Waals surface area contributed by atoms with E-state index in [0.717, 1.165) is 0 Å². The van der Waals surface area contributed by atoms with Crippen molar-refractivity contribution in [3.8, 4) is 22.3 Å². The van der Waals surface area contributed by atoms with Gasteiger partial charge in [0.1, 0.15) is 0 Å². The smallest absolute Gasteiger partial charge is 0.187 e. The molecule has 13 rings (SSSR count). The van der Waals surface area contributed by atoms with Gasteiger partial charge in [0, 0.05) is 0 Å². The summed E-state index contributed by atoms with van der Waals surface area (Å²) in [6, 6.07) is 48.0. The van der Waals surface area contributed by atoms with Crippen LogP contribution in [0.2, 0.25) is 0 Å². The average Bonchev–Trinajstić information content (AvgIpc) is 3.76. The maximum absolute atomic E-state index is 7.60. The van der Waals surface area contributed by atoms with Crippen LogP contribution in [0.5, 0.6) is 0 Å². The molecular weight excluding hydrogens is 579 g/mol. The van der Waals surface area contributed by atoms with E-state index in [4.69, 9.17) is 6.57 Å². The number of nitrogens with zero attached hydrogens (tertiary/aromatic N) is 1. The SMILES string of the molecule is [C-]#[N+]c1ccc2c(c1)-c1ccc3c4ccc5c6cc7c(cc6c6ccc(c8ccc-2c1c83)c4c65)cc1c2ccccc2c2cccc7c21. The summed E-state index contributed by atoms with van der Waals surface area (Å²) in [7, 11) is 0. The first kappa shape index (κ1) is 23.8. The molecule has 12 aromatic rings. The second kappa shape index (κ2) is 7.72. The van der Waals surface area contributed by atoms with Crippen LogP contribution in [0.15, 0.2) is 127 Å². The van der Waals surface area contributed by atoms with Crippen LogP contribution >= 0.6 is 0 Å². The number of hydrogen-bond acceptors (Lipinski definition) is 0. The molecule has 48 heavy (non-hydrogen) atoms. The van der Waals surface area contributed by atoms with Crippen LogP contribution in [-0.4, -0.2) is 0 Å². The molecule has 0 aromatic heterocycles. The van der Waals surface area contributed by atoms with Crippen LogP contribution in [0.3, 0.4) is 0 Å². The molecule has 0 radical (unpaired) electrons. The van der Waals surface area contributed by atoms with Gasteiger partial charge in [0.15, 0.2) is 5.69 Å². The first-order valence-electron chi connectivity index (χ1n) is 16.6. The van der Waals surface area contributed by atoms with Gasteiger partial charge in [-0.1, -0.05) is 103 Å². The van der Waals surface area contributed by atoms with Crippen LogP contribution in [0, 0.1) is 6.57 Å². The zero-order valence-corrected chi connectivity index (χ0v) is 25.6. The monoisotopic (exact) mass is 599 g/mol. The van der Waals surface area contributed by atoms with Crippen LogP contribution in [0.1, 0.15) is 0 Å². The Morgan fingerprint density at radius 1 is 0.292 bits per heavy atom. The van der Waals surface area contributed by atoms with Crippen molar-refractivity contribution < 1.29 is 0 Å². The molecule has 0 amide bonds. The molecular formula is C47H21N. The van der Waals surface area contributed by atoms with Gasteiger partial charge in [0.05, 0.1) is 6.57 Å². The van der Waals surface area contributed by atoms with Crippen molar-refractivity contribution in [2.75, 3.05) is 0 Å². The zero-order chi connectivity index (χ0) is 31.0. The zero-order valence-electron chi connectivity index (χ0n) is 25.6. The Kier molecular flexibility index (Phi) is 3.83. The van der Waals surface area contributed by atoms with E-state index in [0.29, 0.717) is 5.69 Å². The quantitative estimate of drug-likeness (QED) is 0.0928. The first-order valence-corrected chi connectivity index (χ1v) is 16.6. The molecule has 1 aliphatic carbocycles. The van der Waals surface area contributed by atoms with Crippen molar-refractivity contribution in [2.24, 2.45) is 0 Å². The van der Waals surface area contributed by atoms with E-state index >= 15 is 0 Å². The van der Waals surface area contributed by atoms with E-state index in [1.54, 1.807) is 0 Å². The minimum Gasteiger partial charge on any atom is -0.238 e.